The molecule has 0 spiro atoms. The molecule has 126 valence electrons. The SMILES string of the molecule is CCOC(=O)N1CCC(NC(=O)CCC(=O)c2ccco2)CC1. The van der Waals surface area contributed by atoms with Gasteiger partial charge in [0.2, 0.25) is 5.91 Å². The highest BCUT2D eigenvalue weighted by Gasteiger charge is 2.24. The summed E-state index contributed by atoms with van der Waals surface area (Å²) in [5, 5.41) is 2.91. The van der Waals surface area contributed by atoms with E-state index in [-0.39, 0.29) is 42.4 Å². The van der Waals surface area contributed by atoms with E-state index in [4.69, 9.17) is 9.15 Å². The predicted molar refractivity (Wildman–Crippen MR) is 82.0 cm³/mol. The van der Waals surface area contributed by atoms with Gasteiger partial charge in [0, 0.05) is 32.0 Å². The first-order valence-corrected chi connectivity index (χ1v) is 7.88. The lowest BCUT2D eigenvalue weighted by Crippen LogP contribution is -2.46. The molecule has 7 heteroatoms. The zero-order valence-electron chi connectivity index (χ0n) is 13.2. The van der Waals surface area contributed by atoms with E-state index in [0.29, 0.717) is 32.5 Å². The highest BCUT2D eigenvalue weighted by Crippen LogP contribution is 2.12. The zero-order chi connectivity index (χ0) is 16.7. The number of amides is 2. The third kappa shape index (κ3) is 5.12. The van der Waals surface area contributed by atoms with E-state index in [0.717, 1.165) is 0 Å². The van der Waals surface area contributed by atoms with E-state index in [1.807, 2.05) is 0 Å². The van der Waals surface area contributed by atoms with Gasteiger partial charge in [-0.05, 0) is 31.9 Å². The first-order chi connectivity index (χ1) is 11.1. The van der Waals surface area contributed by atoms with Crippen LogP contribution in [0.25, 0.3) is 0 Å². The summed E-state index contributed by atoms with van der Waals surface area (Å²) in [6.07, 6.45) is 2.78. The minimum Gasteiger partial charge on any atom is -0.461 e. The van der Waals surface area contributed by atoms with Crippen molar-refractivity contribution in [2.75, 3.05) is 19.7 Å². The van der Waals surface area contributed by atoms with Crippen LogP contribution in [0.1, 0.15) is 43.2 Å². The van der Waals surface area contributed by atoms with E-state index >= 15 is 0 Å². The van der Waals surface area contributed by atoms with Crippen molar-refractivity contribution >= 4 is 17.8 Å². The number of Topliss-reactive ketones (excluding diaryl/α,β-unsaturated/α-hetero) is 1. The van der Waals surface area contributed by atoms with E-state index in [2.05, 4.69) is 5.32 Å². The molecule has 0 bridgehead atoms. The number of likely N-dealkylation sites (tertiary alicyclic amines) is 1. The number of ether oxygens (including phenoxy) is 1. The average molecular weight is 322 g/mol. The molecular formula is C16H22N2O5. The van der Waals surface area contributed by atoms with E-state index in [9.17, 15) is 14.4 Å². The number of furan rings is 1. The summed E-state index contributed by atoms with van der Waals surface area (Å²) >= 11 is 0. The molecule has 0 atom stereocenters. The van der Waals surface area contributed by atoms with Crippen LogP contribution in [0.2, 0.25) is 0 Å². The van der Waals surface area contributed by atoms with Gasteiger partial charge in [0.05, 0.1) is 12.9 Å². The summed E-state index contributed by atoms with van der Waals surface area (Å²) in [6, 6.07) is 3.27. The minimum absolute atomic E-state index is 0.0342. The molecule has 1 aliphatic heterocycles. The summed E-state index contributed by atoms with van der Waals surface area (Å²) in [4.78, 5) is 36.9. The molecule has 1 N–H and O–H groups in total. The summed E-state index contributed by atoms with van der Waals surface area (Å²) in [5.41, 5.74) is 0. The Balaban J connectivity index is 1.67. The Morgan fingerprint density at radius 1 is 1.30 bits per heavy atom. The molecule has 0 aromatic carbocycles. The number of rotatable bonds is 6. The maximum Gasteiger partial charge on any atom is 0.409 e. The molecule has 1 aromatic heterocycles. The third-order valence-corrected chi connectivity index (χ3v) is 3.76. The van der Waals surface area contributed by atoms with Crippen molar-refractivity contribution in [1.29, 1.82) is 0 Å². The summed E-state index contributed by atoms with van der Waals surface area (Å²) in [5.74, 6) is -0.0534. The summed E-state index contributed by atoms with van der Waals surface area (Å²) in [6.45, 7) is 3.26. The van der Waals surface area contributed by atoms with Crippen LogP contribution in [-0.4, -0.2) is 48.4 Å². The van der Waals surface area contributed by atoms with E-state index in [1.165, 1.54) is 6.26 Å². The molecule has 1 fully saturated rings. The second kappa shape index (κ2) is 8.36. The molecule has 0 unspecified atom stereocenters. The Morgan fingerprint density at radius 3 is 2.65 bits per heavy atom. The van der Waals surface area contributed by atoms with Crippen molar-refractivity contribution in [3.8, 4) is 0 Å². The number of carbonyl (C=O) groups is 3. The average Bonchev–Trinajstić information content (AvgIpc) is 3.08. The largest absolute Gasteiger partial charge is 0.461 e. The monoisotopic (exact) mass is 322 g/mol. The van der Waals surface area contributed by atoms with Crippen molar-refractivity contribution in [2.45, 2.75) is 38.6 Å². The molecule has 2 heterocycles. The fourth-order valence-corrected chi connectivity index (χ4v) is 2.51. The van der Waals surface area contributed by atoms with Crippen LogP contribution < -0.4 is 5.32 Å². The van der Waals surface area contributed by atoms with Crippen molar-refractivity contribution in [3.63, 3.8) is 0 Å². The maximum atomic E-state index is 11.9. The number of nitrogens with one attached hydrogen (secondary N) is 1. The summed E-state index contributed by atoms with van der Waals surface area (Å²) in [7, 11) is 0. The van der Waals surface area contributed by atoms with Gasteiger partial charge in [0.1, 0.15) is 0 Å². The van der Waals surface area contributed by atoms with Gasteiger partial charge >= 0.3 is 6.09 Å². The number of piperidine rings is 1. The van der Waals surface area contributed by atoms with Crippen molar-refractivity contribution < 1.29 is 23.5 Å². The predicted octanol–water partition coefficient (Wildman–Crippen LogP) is 1.98. The first kappa shape index (κ1) is 17.1. The van der Waals surface area contributed by atoms with Gasteiger partial charge in [0.25, 0.3) is 0 Å². The molecule has 7 nitrogen and oxygen atoms in total. The molecule has 0 saturated carbocycles. The Bertz CT molecular complexity index is 533. The lowest BCUT2D eigenvalue weighted by molar-refractivity contribution is -0.122. The molecular weight excluding hydrogens is 300 g/mol. The molecule has 0 aliphatic carbocycles. The van der Waals surface area contributed by atoms with E-state index < -0.39 is 0 Å². The quantitative estimate of drug-likeness (QED) is 0.809. The number of hydrogen-bond donors (Lipinski definition) is 1. The molecule has 2 amide bonds. The minimum atomic E-state index is -0.304. The van der Waals surface area contributed by atoms with Gasteiger partial charge in [-0.1, -0.05) is 0 Å². The molecule has 1 aromatic rings. The smallest absolute Gasteiger partial charge is 0.409 e. The fourth-order valence-electron chi connectivity index (χ4n) is 2.51. The van der Waals surface area contributed by atoms with Gasteiger partial charge in [-0.3, -0.25) is 9.59 Å². The molecule has 0 radical (unpaired) electrons. The van der Waals surface area contributed by atoms with Crippen LogP contribution in [0.4, 0.5) is 4.79 Å². The highest BCUT2D eigenvalue weighted by atomic mass is 16.6. The normalized spacial score (nSPS) is 15.3. The number of carbonyl (C=O) groups excluding carboxylic acids is 3. The van der Waals surface area contributed by atoms with Gasteiger partial charge in [-0.15, -0.1) is 0 Å². The van der Waals surface area contributed by atoms with Crippen LogP contribution in [0.3, 0.4) is 0 Å². The molecule has 23 heavy (non-hydrogen) atoms. The second-order valence-electron chi connectivity index (χ2n) is 5.43. The Hall–Kier alpha value is -2.31. The zero-order valence-corrected chi connectivity index (χ0v) is 13.2. The number of hydrogen-bond acceptors (Lipinski definition) is 5. The van der Waals surface area contributed by atoms with Crippen LogP contribution >= 0.6 is 0 Å². The molecule has 2 rings (SSSR count). The summed E-state index contributed by atoms with van der Waals surface area (Å²) < 4.78 is 9.95. The van der Waals surface area contributed by atoms with Crippen molar-refractivity contribution in [2.24, 2.45) is 0 Å². The Labute approximate surface area is 135 Å². The first-order valence-electron chi connectivity index (χ1n) is 7.88. The standard InChI is InChI=1S/C16H22N2O5/c1-2-22-16(21)18-9-7-12(8-10-18)17-15(20)6-5-13(19)14-4-3-11-23-14/h3-4,11-12H,2,5-10H2,1H3,(H,17,20). The number of ketones is 1. The van der Waals surface area contributed by atoms with Crippen molar-refractivity contribution in [3.05, 3.63) is 24.2 Å². The lowest BCUT2D eigenvalue weighted by atomic mass is 10.0. The second-order valence-corrected chi connectivity index (χ2v) is 5.43. The van der Waals surface area contributed by atoms with Crippen molar-refractivity contribution in [1.82, 2.24) is 10.2 Å². The van der Waals surface area contributed by atoms with Gasteiger partial charge in [-0.2, -0.15) is 0 Å². The van der Waals surface area contributed by atoms with Crippen LogP contribution in [0, 0.1) is 0 Å². The fraction of sp³-hybridized carbons (Fsp3) is 0.562. The van der Waals surface area contributed by atoms with Crippen LogP contribution in [-0.2, 0) is 9.53 Å². The molecule has 1 aliphatic rings. The van der Waals surface area contributed by atoms with E-state index in [1.54, 1.807) is 24.0 Å². The maximum absolute atomic E-state index is 11.9. The van der Waals surface area contributed by atoms with Gasteiger partial charge in [-0.25, -0.2) is 4.79 Å². The van der Waals surface area contributed by atoms with Gasteiger partial charge in [0.15, 0.2) is 11.5 Å². The molecule has 1 saturated heterocycles. The Kier molecular flexibility index (Phi) is 6.19. The third-order valence-electron chi connectivity index (χ3n) is 3.76. The van der Waals surface area contributed by atoms with Gasteiger partial charge < -0.3 is 19.4 Å². The number of nitrogens with zero attached hydrogens (tertiary/aromatic N) is 1. The lowest BCUT2D eigenvalue weighted by Gasteiger charge is -2.31. The Morgan fingerprint density at radius 2 is 2.04 bits per heavy atom. The van der Waals surface area contributed by atoms with Crippen LogP contribution in [0.5, 0.6) is 0 Å². The highest BCUT2D eigenvalue weighted by molar-refractivity contribution is 5.95. The van der Waals surface area contributed by atoms with Crippen LogP contribution in [0.15, 0.2) is 22.8 Å². The topological polar surface area (TPSA) is 88.9 Å².